The minimum absolute atomic E-state index is 0.0168. The summed E-state index contributed by atoms with van der Waals surface area (Å²) in [5.41, 5.74) is 2.55. The van der Waals surface area contributed by atoms with Gasteiger partial charge in [0.2, 0.25) is 0 Å². The first-order valence-corrected chi connectivity index (χ1v) is 12.5. The van der Waals surface area contributed by atoms with Crippen molar-refractivity contribution < 1.29 is 9.53 Å². The summed E-state index contributed by atoms with van der Waals surface area (Å²) in [4.78, 5) is 14.7. The van der Waals surface area contributed by atoms with Crippen LogP contribution in [-0.4, -0.2) is 53.0 Å². The summed E-state index contributed by atoms with van der Waals surface area (Å²) >= 11 is 0. The average molecular weight is 441 g/mol. The maximum atomic E-state index is 12.7. The van der Waals surface area contributed by atoms with Gasteiger partial charge in [0, 0.05) is 30.9 Å². The average Bonchev–Trinajstić information content (AvgIpc) is 3.40. The molecular formula is C26H40N4O2. The SMILES string of the molecule is CC.CCNC(=O)N1CCC[C@H](c2ccn[nH]2)C1COC1CCC(c2ccccc2)CC1. The van der Waals surface area contributed by atoms with Crippen molar-refractivity contribution in [2.45, 2.75) is 83.3 Å². The minimum atomic E-state index is 0.0168. The topological polar surface area (TPSA) is 70.2 Å². The van der Waals surface area contributed by atoms with Crippen molar-refractivity contribution >= 4 is 6.03 Å². The molecule has 1 unspecified atom stereocenters. The zero-order valence-corrected chi connectivity index (χ0v) is 19.9. The van der Waals surface area contributed by atoms with Gasteiger partial charge in [-0.3, -0.25) is 5.10 Å². The van der Waals surface area contributed by atoms with E-state index in [1.807, 2.05) is 31.7 Å². The van der Waals surface area contributed by atoms with Gasteiger partial charge in [-0.05, 0) is 63.0 Å². The third-order valence-electron chi connectivity index (χ3n) is 6.74. The summed E-state index contributed by atoms with van der Waals surface area (Å²) in [6.07, 6.45) is 8.64. The third-order valence-corrected chi connectivity index (χ3v) is 6.74. The second-order valence-electron chi connectivity index (χ2n) is 8.57. The van der Waals surface area contributed by atoms with Gasteiger partial charge >= 0.3 is 6.03 Å². The highest BCUT2D eigenvalue weighted by atomic mass is 16.5. The number of aromatic nitrogens is 2. The Morgan fingerprint density at radius 2 is 1.88 bits per heavy atom. The molecule has 2 amide bonds. The molecule has 2 aromatic rings. The van der Waals surface area contributed by atoms with E-state index in [1.54, 1.807) is 6.20 Å². The van der Waals surface area contributed by atoms with Gasteiger partial charge in [-0.15, -0.1) is 0 Å². The van der Waals surface area contributed by atoms with Crippen LogP contribution in [0, 0.1) is 0 Å². The Bertz CT molecular complexity index is 772. The van der Waals surface area contributed by atoms with Gasteiger partial charge in [-0.25, -0.2) is 4.79 Å². The number of piperidine rings is 1. The molecular weight excluding hydrogens is 400 g/mol. The number of rotatable bonds is 6. The molecule has 1 aliphatic heterocycles. The van der Waals surface area contributed by atoms with Crippen LogP contribution in [0.1, 0.15) is 82.4 Å². The molecule has 176 valence electrons. The van der Waals surface area contributed by atoms with Crippen molar-refractivity contribution in [1.29, 1.82) is 0 Å². The number of likely N-dealkylation sites (tertiary alicyclic amines) is 1. The Balaban J connectivity index is 0.00000141. The first kappa shape index (κ1) is 24.3. The highest BCUT2D eigenvalue weighted by Gasteiger charge is 2.37. The van der Waals surface area contributed by atoms with Crippen LogP contribution >= 0.6 is 0 Å². The fourth-order valence-electron chi connectivity index (χ4n) is 5.13. The van der Waals surface area contributed by atoms with Crippen LogP contribution in [0.4, 0.5) is 4.79 Å². The van der Waals surface area contributed by atoms with Crippen molar-refractivity contribution in [3.8, 4) is 0 Å². The van der Waals surface area contributed by atoms with E-state index in [2.05, 4.69) is 45.8 Å². The molecule has 1 aromatic carbocycles. The summed E-state index contributed by atoms with van der Waals surface area (Å²) in [6.45, 7) is 7.97. The molecule has 32 heavy (non-hydrogen) atoms. The standard InChI is InChI=1S/C24H34N4O2.C2H6/c1-2-25-24(29)28-16-6-9-21(22-14-15-26-27-22)23(28)17-30-20-12-10-19(11-13-20)18-7-4-3-5-8-18;1-2/h3-5,7-8,14-15,19-21,23H,2,6,9-13,16-17H2,1H3,(H,25,29)(H,26,27);1-2H3/t19?,20?,21-,23?;/m1./s1. The Morgan fingerprint density at radius 3 is 2.53 bits per heavy atom. The monoisotopic (exact) mass is 440 g/mol. The Morgan fingerprint density at radius 1 is 1.12 bits per heavy atom. The van der Waals surface area contributed by atoms with Gasteiger partial charge in [0.05, 0.1) is 18.8 Å². The van der Waals surface area contributed by atoms with E-state index in [4.69, 9.17) is 4.74 Å². The summed E-state index contributed by atoms with van der Waals surface area (Å²) in [5.74, 6) is 0.884. The van der Waals surface area contributed by atoms with Gasteiger partial charge < -0.3 is 15.0 Å². The van der Waals surface area contributed by atoms with Crippen LogP contribution < -0.4 is 5.32 Å². The van der Waals surface area contributed by atoms with Gasteiger partial charge in [0.15, 0.2) is 0 Å². The molecule has 1 aromatic heterocycles. The lowest BCUT2D eigenvalue weighted by atomic mass is 9.82. The predicted octanol–water partition coefficient (Wildman–Crippen LogP) is 5.46. The van der Waals surface area contributed by atoms with Crippen molar-refractivity contribution in [3.05, 3.63) is 53.9 Å². The second-order valence-corrected chi connectivity index (χ2v) is 8.57. The molecule has 2 fully saturated rings. The van der Waals surface area contributed by atoms with Crippen LogP contribution in [0.2, 0.25) is 0 Å². The first-order chi connectivity index (χ1) is 15.8. The van der Waals surface area contributed by atoms with Gasteiger partial charge in [0.25, 0.3) is 0 Å². The van der Waals surface area contributed by atoms with Crippen molar-refractivity contribution in [3.63, 3.8) is 0 Å². The van der Waals surface area contributed by atoms with Crippen molar-refractivity contribution in [2.75, 3.05) is 19.7 Å². The largest absolute Gasteiger partial charge is 0.376 e. The molecule has 4 rings (SSSR count). The van der Waals surface area contributed by atoms with Gasteiger partial charge in [0.1, 0.15) is 0 Å². The van der Waals surface area contributed by atoms with E-state index in [0.29, 0.717) is 19.1 Å². The summed E-state index contributed by atoms with van der Waals surface area (Å²) in [7, 11) is 0. The van der Waals surface area contributed by atoms with E-state index >= 15 is 0 Å². The molecule has 1 aliphatic carbocycles. The predicted molar refractivity (Wildman–Crippen MR) is 129 cm³/mol. The fourth-order valence-corrected chi connectivity index (χ4v) is 5.13. The lowest BCUT2D eigenvalue weighted by molar-refractivity contribution is -0.0170. The molecule has 2 heterocycles. The fraction of sp³-hybridized carbons (Fsp3) is 0.615. The number of hydrogen-bond acceptors (Lipinski definition) is 3. The van der Waals surface area contributed by atoms with Gasteiger partial charge in [-0.1, -0.05) is 44.2 Å². The summed E-state index contributed by atoms with van der Waals surface area (Å²) < 4.78 is 6.44. The van der Waals surface area contributed by atoms with E-state index in [-0.39, 0.29) is 24.1 Å². The number of aromatic amines is 1. The molecule has 0 spiro atoms. The zero-order valence-electron chi connectivity index (χ0n) is 19.9. The number of hydrogen-bond donors (Lipinski definition) is 2. The lowest BCUT2D eigenvalue weighted by Gasteiger charge is -2.41. The number of amides is 2. The van der Waals surface area contributed by atoms with Crippen LogP contribution in [0.25, 0.3) is 0 Å². The number of urea groups is 1. The zero-order chi connectivity index (χ0) is 22.8. The molecule has 0 radical (unpaired) electrons. The Kier molecular flexibility index (Phi) is 9.60. The van der Waals surface area contributed by atoms with E-state index in [0.717, 1.165) is 37.9 Å². The Hall–Kier alpha value is -2.34. The third kappa shape index (κ3) is 6.12. The Labute approximate surface area is 193 Å². The highest BCUT2D eigenvalue weighted by Crippen LogP contribution is 2.36. The van der Waals surface area contributed by atoms with Crippen LogP contribution in [0.5, 0.6) is 0 Å². The number of carbonyl (C=O) groups is 1. The summed E-state index contributed by atoms with van der Waals surface area (Å²) in [6, 6.07) is 12.9. The number of ether oxygens (including phenoxy) is 1. The van der Waals surface area contributed by atoms with E-state index in [1.165, 1.54) is 18.4 Å². The molecule has 6 nitrogen and oxygen atoms in total. The molecule has 2 aliphatic rings. The van der Waals surface area contributed by atoms with Crippen molar-refractivity contribution in [2.24, 2.45) is 0 Å². The smallest absolute Gasteiger partial charge is 0.317 e. The van der Waals surface area contributed by atoms with Crippen LogP contribution in [0.15, 0.2) is 42.6 Å². The van der Waals surface area contributed by atoms with E-state index in [9.17, 15) is 4.79 Å². The maximum Gasteiger partial charge on any atom is 0.317 e. The first-order valence-electron chi connectivity index (χ1n) is 12.5. The molecule has 1 saturated heterocycles. The molecule has 0 bridgehead atoms. The minimum Gasteiger partial charge on any atom is -0.376 e. The molecule has 2 N–H and O–H groups in total. The van der Waals surface area contributed by atoms with Crippen molar-refractivity contribution in [1.82, 2.24) is 20.4 Å². The lowest BCUT2D eigenvalue weighted by Crippen LogP contribution is -2.53. The van der Waals surface area contributed by atoms with Crippen LogP contribution in [0.3, 0.4) is 0 Å². The van der Waals surface area contributed by atoms with Gasteiger partial charge in [-0.2, -0.15) is 5.10 Å². The molecule has 2 atom stereocenters. The second kappa shape index (κ2) is 12.6. The van der Waals surface area contributed by atoms with E-state index < -0.39 is 0 Å². The molecule has 6 heteroatoms. The quantitative estimate of drug-likeness (QED) is 0.627. The van der Waals surface area contributed by atoms with Crippen LogP contribution in [-0.2, 0) is 4.74 Å². The number of benzene rings is 1. The number of carbonyl (C=O) groups excluding carboxylic acids is 1. The number of nitrogens with zero attached hydrogens (tertiary/aromatic N) is 2. The molecule has 1 saturated carbocycles. The number of H-pyrrole nitrogens is 1. The number of nitrogens with one attached hydrogen (secondary N) is 2. The normalized spacial score (nSPS) is 25.5. The maximum absolute atomic E-state index is 12.7. The highest BCUT2D eigenvalue weighted by molar-refractivity contribution is 5.74. The summed E-state index contributed by atoms with van der Waals surface area (Å²) in [5, 5.41) is 10.2.